The second kappa shape index (κ2) is 8.48. The lowest BCUT2D eigenvalue weighted by molar-refractivity contribution is -0.136. The quantitative estimate of drug-likeness (QED) is 0.264. The van der Waals surface area contributed by atoms with E-state index in [-0.39, 0.29) is 5.76 Å². The maximum atomic E-state index is 11.4. The lowest BCUT2D eigenvalue weighted by Crippen LogP contribution is -2.19. The van der Waals surface area contributed by atoms with Crippen LogP contribution in [0, 0.1) is 0 Å². The van der Waals surface area contributed by atoms with Gasteiger partial charge < -0.3 is 19.2 Å². The van der Waals surface area contributed by atoms with Crippen molar-refractivity contribution in [2.24, 2.45) is 0 Å². The summed E-state index contributed by atoms with van der Waals surface area (Å²) in [5.74, 6) is -0.323. The first-order valence-corrected chi connectivity index (χ1v) is 11.2. The Kier molecular flexibility index (Phi) is 5.37. The van der Waals surface area contributed by atoms with Gasteiger partial charge in [0.2, 0.25) is 5.76 Å². The number of carbonyl (C=O) groups is 1. The zero-order chi connectivity index (χ0) is 22.1. The van der Waals surface area contributed by atoms with Gasteiger partial charge in [0, 0.05) is 15.2 Å². The highest BCUT2D eigenvalue weighted by Gasteiger charge is 2.24. The number of hydrogen-bond donors (Lipinski definition) is 1. The number of nitrogens with zero attached hydrogens (tertiary/aromatic N) is 1. The van der Waals surface area contributed by atoms with Crippen molar-refractivity contribution in [3.05, 3.63) is 89.9 Å². The first kappa shape index (κ1) is 20.3. The maximum Gasteiger partial charge on any atom is 0.371 e. The Morgan fingerprint density at radius 1 is 1.03 bits per heavy atom. The molecule has 5 rings (SSSR count). The first-order chi connectivity index (χ1) is 15.6. The van der Waals surface area contributed by atoms with Crippen LogP contribution in [-0.4, -0.2) is 17.7 Å². The number of fused-ring (bicyclic) bond motifs is 3. The topological polar surface area (TPSA) is 62.9 Å². The molecule has 4 aromatic rings. The van der Waals surface area contributed by atoms with Crippen molar-refractivity contribution in [2.75, 3.05) is 11.5 Å². The number of carboxylic acid groups (broad SMARTS) is 1. The maximum absolute atomic E-state index is 11.4. The van der Waals surface area contributed by atoms with Gasteiger partial charge in [-0.2, -0.15) is 0 Å². The third kappa shape index (κ3) is 3.85. The summed E-state index contributed by atoms with van der Waals surface area (Å²) >= 11 is 1.78. The zero-order valence-corrected chi connectivity index (χ0v) is 18.3. The van der Waals surface area contributed by atoms with E-state index in [2.05, 4.69) is 53.4 Å². The molecule has 1 aliphatic heterocycles. The van der Waals surface area contributed by atoms with Crippen LogP contribution in [0.4, 0.5) is 11.4 Å². The van der Waals surface area contributed by atoms with Crippen molar-refractivity contribution in [1.29, 1.82) is 0 Å². The number of hydrogen-bond acceptors (Lipinski definition) is 5. The fourth-order valence-corrected chi connectivity index (χ4v) is 4.96. The molecular formula is C26H21NO4S. The average Bonchev–Trinajstić information content (AvgIpc) is 3.20. The summed E-state index contributed by atoms with van der Waals surface area (Å²) in [6.45, 7) is 2.65. The zero-order valence-electron chi connectivity index (χ0n) is 17.4. The van der Waals surface area contributed by atoms with Gasteiger partial charge in [-0.1, -0.05) is 42.1 Å². The van der Waals surface area contributed by atoms with Crippen molar-refractivity contribution in [3.8, 4) is 0 Å². The first-order valence-electron chi connectivity index (χ1n) is 10.4. The van der Waals surface area contributed by atoms with Gasteiger partial charge in [0.05, 0.1) is 24.5 Å². The highest BCUT2D eigenvalue weighted by Crippen LogP contribution is 2.48. The van der Waals surface area contributed by atoms with Crippen LogP contribution in [-0.2, 0) is 16.1 Å². The van der Waals surface area contributed by atoms with Crippen molar-refractivity contribution in [1.82, 2.24) is 0 Å². The van der Waals surface area contributed by atoms with Crippen molar-refractivity contribution >= 4 is 46.2 Å². The van der Waals surface area contributed by atoms with E-state index in [1.54, 1.807) is 18.7 Å². The smallest absolute Gasteiger partial charge is 0.371 e. The minimum absolute atomic E-state index is 0.0744. The number of rotatable bonds is 6. The largest absolute Gasteiger partial charge is 0.487 e. The number of anilines is 2. The van der Waals surface area contributed by atoms with Gasteiger partial charge in [0.15, 0.2) is 0 Å². The highest BCUT2D eigenvalue weighted by atomic mass is 32.2. The molecule has 1 aliphatic rings. The number of furan rings is 1. The minimum atomic E-state index is -1.08. The second-order valence-corrected chi connectivity index (χ2v) is 8.46. The van der Waals surface area contributed by atoms with E-state index >= 15 is 0 Å². The molecule has 0 amide bonds. The van der Waals surface area contributed by atoms with Gasteiger partial charge in [-0.25, -0.2) is 4.79 Å². The third-order valence-electron chi connectivity index (χ3n) is 5.25. The number of para-hydroxylation sites is 2. The van der Waals surface area contributed by atoms with Gasteiger partial charge in [-0.3, -0.25) is 0 Å². The molecule has 32 heavy (non-hydrogen) atoms. The van der Waals surface area contributed by atoms with Crippen LogP contribution in [0.1, 0.15) is 18.2 Å². The Morgan fingerprint density at radius 3 is 2.38 bits per heavy atom. The Labute approximate surface area is 189 Å². The predicted molar refractivity (Wildman–Crippen MR) is 126 cm³/mol. The van der Waals surface area contributed by atoms with E-state index in [0.717, 1.165) is 33.7 Å². The lowest BCUT2D eigenvalue weighted by Gasteiger charge is -2.32. The molecule has 0 saturated heterocycles. The average molecular weight is 444 g/mol. The predicted octanol–water partition coefficient (Wildman–Crippen LogP) is 6.70. The molecule has 0 bridgehead atoms. The van der Waals surface area contributed by atoms with E-state index in [4.69, 9.17) is 9.15 Å². The molecule has 5 nitrogen and oxygen atoms in total. The standard InChI is InChI=1S/C26H21NO4S/c1-2-30-23(26(28)29)14-17-11-12-22-18(13-17)15-19(31-22)16-27-20-7-3-5-9-24(20)32-25-10-6-4-8-21(25)27/h3-15H,2,16H2,1H3,(H,28,29)/b23-14-. The lowest BCUT2D eigenvalue weighted by atomic mass is 10.1. The van der Waals surface area contributed by atoms with Crippen LogP contribution < -0.4 is 4.90 Å². The molecule has 0 radical (unpaired) electrons. The normalized spacial score (nSPS) is 13.0. The monoisotopic (exact) mass is 443 g/mol. The molecule has 0 saturated carbocycles. The summed E-state index contributed by atoms with van der Waals surface area (Å²) in [6, 6.07) is 24.4. The minimum Gasteiger partial charge on any atom is -0.487 e. The van der Waals surface area contributed by atoms with E-state index in [1.807, 2.05) is 24.3 Å². The van der Waals surface area contributed by atoms with Crippen LogP contribution in [0.15, 0.2) is 92.8 Å². The van der Waals surface area contributed by atoms with Gasteiger partial charge in [-0.05, 0) is 61.0 Å². The van der Waals surface area contributed by atoms with Crippen LogP contribution in [0.2, 0.25) is 0 Å². The Hall–Kier alpha value is -3.64. The third-order valence-corrected chi connectivity index (χ3v) is 6.38. The molecule has 160 valence electrons. The summed E-state index contributed by atoms with van der Waals surface area (Å²) in [5, 5.41) is 10.2. The van der Waals surface area contributed by atoms with E-state index in [0.29, 0.717) is 13.2 Å². The van der Waals surface area contributed by atoms with Crippen molar-refractivity contribution in [3.63, 3.8) is 0 Å². The van der Waals surface area contributed by atoms with Crippen LogP contribution in [0.5, 0.6) is 0 Å². The second-order valence-electron chi connectivity index (χ2n) is 7.38. The van der Waals surface area contributed by atoms with Gasteiger partial charge in [0.1, 0.15) is 11.3 Å². The molecular weight excluding hydrogens is 422 g/mol. The molecule has 0 fully saturated rings. The fourth-order valence-electron chi connectivity index (χ4n) is 3.86. The fraction of sp³-hybridized carbons (Fsp3) is 0.115. The highest BCUT2D eigenvalue weighted by molar-refractivity contribution is 7.99. The molecule has 0 atom stereocenters. The Morgan fingerprint density at radius 2 is 1.72 bits per heavy atom. The van der Waals surface area contributed by atoms with Gasteiger partial charge >= 0.3 is 5.97 Å². The summed E-state index contributed by atoms with van der Waals surface area (Å²) in [6.07, 6.45) is 1.53. The SMILES string of the molecule is CCO/C(=C\c1ccc2oc(CN3c4ccccc4Sc4ccccc43)cc2c1)C(=O)O. The van der Waals surface area contributed by atoms with Gasteiger partial charge in [-0.15, -0.1) is 0 Å². The van der Waals surface area contributed by atoms with Crippen molar-refractivity contribution in [2.45, 2.75) is 23.3 Å². The molecule has 3 aromatic carbocycles. The van der Waals surface area contributed by atoms with Crippen LogP contribution in [0.25, 0.3) is 17.0 Å². The molecule has 0 aliphatic carbocycles. The van der Waals surface area contributed by atoms with E-state index in [1.165, 1.54) is 15.9 Å². The molecule has 2 heterocycles. The van der Waals surface area contributed by atoms with Gasteiger partial charge in [0.25, 0.3) is 0 Å². The molecule has 1 N–H and O–H groups in total. The summed E-state index contributed by atoms with van der Waals surface area (Å²) < 4.78 is 11.4. The molecule has 0 spiro atoms. The summed E-state index contributed by atoms with van der Waals surface area (Å²) in [7, 11) is 0. The molecule has 6 heteroatoms. The number of aliphatic carboxylic acids is 1. The Balaban J connectivity index is 1.49. The number of ether oxygens (including phenoxy) is 1. The van der Waals surface area contributed by atoms with Crippen molar-refractivity contribution < 1.29 is 19.1 Å². The number of carboxylic acids is 1. The van der Waals surface area contributed by atoms with E-state index < -0.39 is 5.97 Å². The van der Waals surface area contributed by atoms with Crippen LogP contribution >= 0.6 is 11.8 Å². The molecule has 0 unspecified atom stereocenters. The number of benzene rings is 3. The molecule has 1 aromatic heterocycles. The van der Waals surface area contributed by atoms with Crippen LogP contribution in [0.3, 0.4) is 0 Å². The Bertz CT molecular complexity index is 1300. The summed E-state index contributed by atoms with van der Waals surface area (Å²) in [5.41, 5.74) is 3.82. The van der Waals surface area contributed by atoms with E-state index in [9.17, 15) is 9.90 Å². The summed E-state index contributed by atoms with van der Waals surface area (Å²) in [4.78, 5) is 16.1.